The van der Waals surface area contributed by atoms with Gasteiger partial charge in [-0.1, -0.05) is 20.8 Å². The van der Waals surface area contributed by atoms with E-state index in [9.17, 15) is 19.5 Å². The Morgan fingerprint density at radius 3 is 2.38 bits per heavy atom. The fourth-order valence-electron chi connectivity index (χ4n) is 2.14. The van der Waals surface area contributed by atoms with Crippen LogP contribution in [0.15, 0.2) is 0 Å². The van der Waals surface area contributed by atoms with Crippen LogP contribution in [0.2, 0.25) is 0 Å². The summed E-state index contributed by atoms with van der Waals surface area (Å²) in [6.07, 6.45) is -0.609. The molecule has 1 heterocycles. The number of esters is 1. The molecule has 0 aromatic heterocycles. The average Bonchev–Trinajstić information content (AvgIpc) is 2.77. The summed E-state index contributed by atoms with van der Waals surface area (Å²) < 4.78 is 4.65. The van der Waals surface area contributed by atoms with Crippen LogP contribution >= 0.6 is 0 Å². The third-order valence-electron chi connectivity index (χ3n) is 3.43. The summed E-state index contributed by atoms with van der Waals surface area (Å²) in [6.45, 7) is 6.86. The number of β-amino-alcohol motifs (C(OH)–C–C–N with tert-alkyl or cyclic N) is 1. The molecule has 1 aliphatic rings. The number of carbonyl (C=O) groups is 3. The molecule has 7 nitrogen and oxygen atoms in total. The molecule has 0 aromatic carbocycles. The van der Waals surface area contributed by atoms with Gasteiger partial charge < -0.3 is 20.1 Å². The van der Waals surface area contributed by atoms with E-state index in [-0.39, 0.29) is 18.9 Å². The summed E-state index contributed by atoms with van der Waals surface area (Å²) in [5.41, 5.74) is -0.610. The van der Waals surface area contributed by atoms with Crippen molar-refractivity contribution in [3.05, 3.63) is 0 Å². The van der Waals surface area contributed by atoms with Crippen LogP contribution < -0.4 is 5.32 Å². The first-order chi connectivity index (χ1) is 9.57. The first-order valence-corrected chi connectivity index (χ1v) is 6.95. The molecule has 3 unspecified atom stereocenters. The summed E-state index contributed by atoms with van der Waals surface area (Å²) in [5.74, 6) is -1.22. The number of ether oxygens (including phenoxy) is 1. The van der Waals surface area contributed by atoms with E-state index < -0.39 is 35.5 Å². The Morgan fingerprint density at radius 1 is 1.33 bits per heavy atom. The lowest BCUT2D eigenvalue weighted by Crippen LogP contribution is -2.52. The Balaban J connectivity index is 2.77. The number of nitrogens with zero attached hydrogens (tertiary/aromatic N) is 1. The van der Waals surface area contributed by atoms with Gasteiger partial charge in [-0.3, -0.25) is 9.59 Å². The maximum Gasteiger partial charge on any atom is 0.328 e. The highest BCUT2D eigenvalue weighted by Gasteiger charge is 2.41. The quantitative estimate of drug-likeness (QED) is 0.696. The molecular weight excluding hydrogens is 276 g/mol. The fourth-order valence-corrected chi connectivity index (χ4v) is 2.14. The largest absolute Gasteiger partial charge is 0.467 e. The first kappa shape index (κ1) is 17.4. The van der Waals surface area contributed by atoms with Gasteiger partial charge in [-0.05, 0) is 6.92 Å². The Labute approximate surface area is 124 Å². The molecule has 2 N–H and O–H groups in total. The molecular formula is C14H24N2O5. The molecule has 0 saturated carbocycles. The predicted molar refractivity (Wildman–Crippen MR) is 75.2 cm³/mol. The molecule has 1 saturated heterocycles. The zero-order valence-electron chi connectivity index (χ0n) is 13.2. The Kier molecular flexibility index (Phi) is 5.33. The minimum absolute atomic E-state index is 0.0638. The number of nitrogens with one attached hydrogen (secondary N) is 1. The summed E-state index contributed by atoms with van der Waals surface area (Å²) in [5, 5.41) is 12.3. The van der Waals surface area contributed by atoms with Crippen molar-refractivity contribution < 1.29 is 24.2 Å². The molecule has 2 amide bonds. The highest BCUT2D eigenvalue weighted by atomic mass is 16.5. The number of rotatable bonds is 3. The van der Waals surface area contributed by atoms with E-state index in [1.165, 1.54) is 12.0 Å². The summed E-state index contributed by atoms with van der Waals surface area (Å²) in [7, 11) is 1.24. The molecule has 21 heavy (non-hydrogen) atoms. The van der Waals surface area contributed by atoms with Crippen LogP contribution in [0.5, 0.6) is 0 Å². The van der Waals surface area contributed by atoms with E-state index in [1.807, 2.05) is 0 Å². The van der Waals surface area contributed by atoms with E-state index >= 15 is 0 Å². The van der Waals surface area contributed by atoms with Gasteiger partial charge in [0.05, 0.1) is 13.2 Å². The monoisotopic (exact) mass is 300 g/mol. The standard InChI is InChI=1S/C14H24N2O5/c1-8(15-13(20)14(2,3)4)11(18)16-7-9(17)6-10(16)12(19)21-5/h8-10,17H,6-7H2,1-5H3,(H,15,20). The molecule has 0 bridgehead atoms. The fraction of sp³-hybridized carbons (Fsp3) is 0.786. The Morgan fingerprint density at radius 2 is 1.90 bits per heavy atom. The molecule has 0 aromatic rings. The molecule has 3 atom stereocenters. The average molecular weight is 300 g/mol. The van der Waals surface area contributed by atoms with Crippen LogP contribution in [0.3, 0.4) is 0 Å². The van der Waals surface area contributed by atoms with Crippen LogP contribution in [0.25, 0.3) is 0 Å². The molecule has 1 aliphatic heterocycles. The van der Waals surface area contributed by atoms with Crippen molar-refractivity contribution >= 4 is 17.8 Å². The van der Waals surface area contributed by atoms with Crippen LogP contribution in [0.4, 0.5) is 0 Å². The van der Waals surface area contributed by atoms with Gasteiger partial charge in [0.1, 0.15) is 12.1 Å². The molecule has 0 spiro atoms. The van der Waals surface area contributed by atoms with E-state index in [1.54, 1.807) is 27.7 Å². The number of methoxy groups -OCH3 is 1. The molecule has 120 valence electrons. The van der Waals surface area contributed by atoms with E-state index in [0.29, 0.717) is 0 Å². The van der Waals surface area contributed by atoms with E-state index in [4.69, 9.17) is 0 Å². The second-order valence-electron chi connectivity index (χ2n) is 6.36. The molecule has 1 fully saturated rings. The first-order valence-electron chi connectivity index (χ1n) is 6.95. The van der Waals surface area contributed by atoms with Crippen LogP contribution in [-0.4, -0.2) is 59.6 Å². The lowest BCUT2D eigenvalue weighted by molar-refractivity contribution is -0.151. The highest BCUT2D eigenvalue weighted by molar-refractivity contribution is 5.92. The molecule has 0 aliphatic carbocycles. The van der Waals surface area contributed by atoms with Crippen molar-refractivity contribution in [2.24, 2.45) is 5.41 Å². The van der Waals surface area contributed by atoms with Crippen molar-refractivity contribution in [1.29, 1.82) is 0 Å². The number of carbonyl (C=O) groups excluding carboxylic acids is 3. The van der Waals surface area contributed by atoms with Gasteiger partial charge in [0.2, 0.25) is 11.8 Å². The van der Waals surface area contributed by atoms with Gasteiger partial charge in [0.25, 0.3) is 0 Å². The normalized spacial score (nSPS) is 23.6. The summed E-state index contributed by atoms with van der Waals surface area (Å²) >= 11 is 0. The predicted octanol–water partition coefficient (Wildman–Crippen LogP) is -0.328. The molecule has 1 rings (SSSR count). The van der Waals surface area contributed by atoms with Crippen molar-refractivity contribution in [3.63, 3.8) is 0 Å². The SMILES string of the molecule is COC(=O)C1CC(O)CN1C(=O)C(C)NC(=O)C(C)(C)C. The van der Waals surface area contributed by atoms with Gasteiger partial charge >= 0.3 is 5.97 Å². The third kappa shape index (κ3) is 4.17. The number of aliphatic hydroxyl groups excluding tert-OH is 1. The minimum atomic E-state index is -0.800. The van der Waals surface area contributed by atoms with Crippen molar-refractivity contribution in [1.82, 2.24) is 10.2 Å². The van der Waals surface area contributed by atoms with Crippen LogP contribution in [-0.2, 0) is 19.1 Å². The van der Waals surface area contributed by atoms with E-state index in [2.05, 4.69) is 10.1 Å². The second kappa shape index (κ2) is 6.43. The van der Waals surface area contributed by atoms with Gasteiger partial charge in [-0.25, -0.2) is 4.79 Å². The molecule has 7 heteroatoms. The van der Waals surface area contributed by atoms with Crippen LogP contribution in [0, 0.1) is 5.41 Å². The summed E-state index contributed by atoms with van der Waals surface area (Å²) in [6, 6.07) is -1.57. The smallest absolute Gasteiger partial charge is 0.328 e. The number of aliphatic hydroxyl groups is 1. The van der Waals surface area contributed by atoms with Gasteiger partial charge in [-0.15, -0.1) is 0 Å². The topological polar surface area (TPSA) is 95.9 Å². The van der Waals surface area contributed by atoms with Gasteiger partial charge in [0.15, 0.2) is 0 Å². The maximum absolute atomic E-state index is 12.4. The minimum Gasteiger partial charge on any atom is -0.467 e. The van der Waals surface area contributed by atoms with Crippen molar-refractivity contribution in [3.8, 4) is 0 Å². The molecule has 0 radical (unpaired) electrons. The summed E-state index contributed by atoms with van der Waals surface area (Å²) in [4.78, 5) is 37.2. The van der Waals surface area contributed by atoms with Crippen molar-refractivity contribution in [2.45, 2.75) is 52.3 Å². The number of amides is 2. The zero-order valence-corrected chi connectivity index (χ0v) is 13.2. The maximum atomic E-state index is 12.4. The second-order valence-corrected chi connectivity index (χ2v) is 6.36. The lowest BCUT2D eigenvalue weighted by atomic mass is 9.95. The van der Waals surface area contributed by atoms with Crippen LogP contribution in [0.1, 0.15) is 34.1 Å². The number of likely N-dealkylation sites (tertiary alicyclic amines) is 1. The van der Waals surface area contributed by atoms with Crippen molar-refractivity contribution in [2.75, 3.05) is 13.7 Å². The van der Waals surface area contributed by atoms with Gasteiger partial charge in [0, 0.05) is 18.4 Å². The Hall–Kier alpha value is -1.63. The number of hydrogen-bond acceptors (Lipinski definition) is 5. The zero-order chi connectivity index (χ0) is 16.4. The number of hydrogen-bond donors (Lipinski definition) is 2. The lowest BCUT2D eigenvalue weighted by Gasteiger charge is -2.27. The highest BCUT2D eigenvalue weighted by Crippen LogP contribution is 2.20. The Bertz CT molecular complexity index is 430. The third-order valence-corrected chi connectivity index (χ3v) is 3.43. The van der Waals surface area contributed by atoms with Gasteiger partial charge in [-0.2, -0.15) is 0 Å². The van der Waals surface area contributed by atoms with E-state index in [0.717, 1.165) is 0 Å².